The minimum atomic E-state index is 0.612. The summed E-state index contributed by atoms with van der Waals surface area (Å²) in [6, 6.07) is 2.67. The SMILES string of the molecule is CCC1CCCCN1c1nccc(N2CCN(C)CC2)n1. The quantitative estimate of drug-likeness (QED) is 0.850. The molecule has 3 rings (SSSR count). The Kier molecular flexibility index (Phi) is 4.58. The highest BCUT2D eigenvalue weighted by Crippen LogP contribution is 2.25. The van der Waals surface area contributed by atoms with Gasteiger partial charge in [0.1, 0.15) is 5.82 Å². The predicted molar refractivity (Wildman–Crippen MR) is 87.0 cm³/mol. The monoisotopic (exact) mass is 289 g/mol. The highest BCUT2D eigenvalue weighted by atomic mass is 15.3. The van der Waals surface area contributed by atoms with Gasteiger partial charge in [0, 0.05) is 45.0 Å². The predicted octanol–water partition coefficient (Wildman–Crippen LogP) is 2.00. The maximum Gasteiger partial charge on any atom is 0.227 e. The zero-order valence-corrected chi connectivity index (χ0v) is 13.3. The summed E-state index contributed by atoms with van der Waals surface area (Å²) in [6.45, 7) is 7.72. The van der Waals surface area contributed by atoms with E-state index in [4.69, 9.17) is 4.98 Å². The molecule has 3 heterocycles. The molecule has 1 aromatic rings. The van der Waals surface area contributed by atoms with Crippen LogP contribution < -0.4 is 9.80 Å². The number of piperazine rings is 1. The van der Waals surface area contributed by atoms with Gasteiger partial charge in [-0.1, -0.05) is 6.92 Å². The first-order valence-corrected chi connectivity index (χ1v) is 8.31. The summed E-state index contributed by atoms with van der Waals surface area (Å²) in [6.07, 6.45) is 6.99. The van der Waals surface area contributed by atoms with Crippen LogP contribution in [-0.2, 0) is 0 Å². The van der Waals surface area contributed by atoms with Crippen molar-refractivity contribution in [2.75, 3.05) is 49.6 Å². The summed E-state index contributed by atoms with van der Waals surface area (Å²) in [5.74, 6) is 2.02. The molecule has 0 spiro atoms. The molecule has 2 saturated heterocycles. The first kappa shape index (κ1) is 14.6. The van der Waals surface area contributed by atoms with Crippen LogP contribution in [0, 0.1) is 0 Å². The Balaban J connectivity index is 1.76. The zero-order chi connectivity index (χ0) is 14.7. The Hall–Kier alpha value is -1.36. The van der Waals surface area contributed by atoms with Crippen LogP contribution in [0.25, 0.3) is 0 Å². The van der Waals surface area contributed by atoms with Gasteiger partial charge in [-0.3, -0.25) is 0 Å². The molecule has 21 heavy (non-hydrogen) atoms. The van der Waals surface area contributed by atoms with Crippen LogP contribution >= 0.6 is 0 Å². The van der Waals surface area contributed by atoms with E-state index in [1.54, 1.807) is 0 Å². The van der Waals surface area contributed by atoms with Crippen molar-refractivity contribution in [3.63, 3.8) is 0 Å². The summed E-state index contributed by atoms with van der Waals surface area (Å²) in [7, 11) is 2.18. The largest absolute Gasteiger partial charge is 0.354 e. The van der Waals surface area contributed by atoms with Crippen molar-refractivity contribution in [2.45, 2.75) is 38.6 Å². The van der Waals surface area contributed by atoms with Gasteiger partial charge < -0.3 is 14.7 Å². The lowest BCUT2D eigenvalue weighted by atomic mass is 10.0. The van der Waals surface area contributed by atoms with Gasteiger partial charge >= 0.3 is 0 Å². The molecule has 2 aliphatic rings. The molecule has 0 bridgehead atoms. The van der Waals surface area contributed by atoms with Gasteiger partial charge in [0.05, 0.1) is 0 Å². The molecule has 0 radical (unpaired) electrons. The van der Waals surface area contributed by atoms with E-state index in [-0.39, 0.29) is 0 Å². The Bertz CT molecular complexity index is 456. The highest BCUT2D eigenvalue weighted by Gasteiger charge is 2.24. The second-order valence-corrected chi connectivity index (χ2v) is 6.26. The summed E-state index contributed by atoms with van der Waals surface area (Å²) in [4.78, 5) is 16.6. The Morgan fingerprint density at radius 1 is 1.14 bits per heavy atom. The van der Waals surface area contributed by atoms with E-state index in [9.17, 15) is 0 Å². The molecule has 0 amide bonds. The number of likely N-dealkylation sites (N-methyl/N-ethyl adjacent to an activating group) is 1. The maximum absolute atomic E-state index is 4.87. The van der Waals surface area contributed by atoms with Crippen molar-refractivity contribution < 1.29 is 0 Å². The molecular weight excluding hydrogens is 262 g/mol. The number of anilines is 2. The third-order valence-corrected chi connectivity index (χ3v) is 4.81. The van der Waals surface area contributed by atoms with Crippen LogP contribution in [0.4, 0.5) is 11.8 Å². The lowest BCUT2D eigenvalue weighted by Crippen LogP contribution is -2.45. The molecule has 0 N–H and O–H groups in total. The second-order valence-electron chi connectivity index (χ2n) is 6.26. The average molecular weight is 289 g/mol. The number of hydrogen-bond acceptors (Lipinski definition) is 5. The fourth-order valence-corrected chi connectivity index (χ4v) is 3.38. The van der Waals surface area contributed by atoms with Crippen molar-refractivity contribution in [3.8, 4) is 0 Å². The van der Waals surface area contributed by atoms with E-state index < -0.39 is 0 Å². The van der Waals surface area contributed by atoms with Crippen LogP contribution in [0.1, 0.15) is 32.6 Å². The molecule has 0 saturated carbocycles. The minimum Gasteiger partial charge on any atom is -0.354 e. The molecular formula is C16H27N5. The van der Waals surface area contributed by atoms with Gasteiger partial charge in [-0.15, -0.1) is 0 Å². The number of nitrogens with zero attached hydrogens (tertiary/aromatic N) is 5. The molecule has 1 unspecified atom stereocenters. The normalized spacial score (nSPS) is 24.4. The third kappa shape index (κ3) is 3.28. The molecule has 0 aliphatic carbocycles. The average Bonchev–Trinajstić information content (AvgIpc) is 2.55. The van der Waals surface area contributed by atoms with Crippen LogP contribution in [0.15, 0.2) is 12.3 Å². The Morgan fingerprint density at radius 3 is 2.71 bits per heavy atom. The van der Waals surface area contributed by atoms with Crippen LogP contribution in [-0.4, -0.2) is 60.7 Å². The smallest absolute Gasteiger partial charge is 0.227 e. The number of aromatic nitrogens is 2. The van der Waals surface area contributed by atoms with Gasteiger partial charge in [0.25, 0.3) is 0 Å². The lowest BCUT2D eigenvalue weighted by molar-refractivity contribution is 0.312. The number of hydrogen-bond donors (Lipinski definition) is 0. The van der Waals surface area contributed by atoms with Gasteiger partial charge in [-0.05, 0) is 38.8 Å². The Labute approximate surface area is 128 Å². The summed E-state index contributed by atoms with van der Waals surface area (Å²) >= 11 is 0. The van der Waals surface area contributed by atoms with Crippen LogP contribution in [0.5, 0.6) is 0 Å². The second kappa shape index (κ2) is 6.60. The maximum atomic E-state index is 4.87. The molecule has 116 valence electrons. The van der Waals surface area contributed by atoms with E-state index in [0.717, 1.165) is 44.5 Å². The topological polar surface area (TPSA) is 35.5 Å². The highest BCUT2D eigenvalue weighted by molar-refractivity contribution is 5.45. The van der Waals surface area contributed by atoms with Crippen molar-refractivity contribution in [1.82, 2.24) is 14.9 Å². The van der Waals surface area contributed by atoms with E-state index in [1.807, 2.05) is 6.20 Å². The summed E-state index contributed by atoms with van der Waals surface area (Å²) in [5.41, 5.74) is 0. The van der Waals surface area contributed by atoms with E-state index in [1.165, 1.54) is 25.7 Å². The number of piperidine rings is 1. The van der Waals surface area contributed by atoms with Crippen molar-refractivity contribution in [3.05, 3.63) is 12.3 Å². The van der Waals surface area contributed by atoms with Gasteiger partial charge in [-0.2, -0.15) is 4.98 Å². The summed E-state index contributed by atoms with van der Waals surface area (Å²) in [5, 5.41) is 0. The molecule has 0 aromatic carbocycles. The van der Waals surface area contributed by atoms with Gasteiger partial charge in [-0.25, -0.2) is 4.98 Å². The summed E-state index contributed by atoms with van der Waals surface area (Å²) < 4.78 is 0. The molecule has 5 nitrogen and oxygen atoms in total. The minimum absolute atomic E-state index is 0.612. The molecule has 5 heteroatoms. The fraction of sp³-hybridized carbons (Fsp3) is 0.750. The molecule has 2 fully saturated rings. The first-order chi connectivity index (χ1) is 10.3. The third-order valence-electron chi connectivity index (χ3n) is 4.81. The standard InChI is InChI=1S/C16H27N5/c1-3-14-6-4-5-9-21(14)16-17-8-7-15(18-16)20-12-10-19(2)11-13-20/h7-8,14H,3-6,9-13H2,1-2H3. The Morgan fingerprint density at radius 2 is 1.95 bits per heavy atom. The van der Waals surface area contributed by atoms with Gasteiger partial charge in [0.2, 0.25) is 5.95 Å². The molecule has 1 aromatic heterocycles. The molecule has 2 aliphatic heterocycles. The fourth-order valence-electron chi connectivity index (χ4n) is 3.38. The van der Waals surface area contributed by atoms with Gasteiger partial charge in [0.15, 0.2) is 0 Å². The van der Waals surface area contributed by atoms with E-state index >= 15 is 0 Å². The zero-order valence-electron chi connectivity index (χ0n) is 13.3. The number of rotatable bonds is 3. The molecule has 1 atom stereocenters. The van der Waals surface area contributed by atoms with Crippen molar-refractivity contribution in [2.24, 2.45) is 0 Å². The van der Waals surface area contributed by atoms with E-state index in [0.29, 0.717) is 6.04 Å². The van der Waals surface area contributed by atoms with Crippen LogP contribution in [0.2, 0.25) is 0 Å². The van der Waals surface area contributed by atoms with E-state index in [2.05, 4.69) is 39.7 Å². The van der Waals surface area contributed by atoms with Crippen molar-refractivity contribution in [1.29, 1.82) is 0 Å². The first-order valence-electron chi connectivity index (χ1n) is 8.31. The van der Waals surface area contributed by atoms with Crippen molar-refractivity contribution >= 4 is 11.8 Å². The van der Waals surface area contributed by atoms with Crippen LogP contribution in [0.3, 0.4) is 0 Å². The lowest BCUT2D eigenvalue weighted by Gasteiger charge is -2.36.